The van der Waals surface area contributed by atoms with Crippen LogP contribution in [0, 0.1) is 0 Å². The van der Waals surface area contributed by atoms with Crippen LogP contribution in [0.4, 0.5) is 26.3 Å². The lowest BCUT2D eigenvalue weighted by molar-refractivity contribution is -0.138. The van der Waals surface area contributed by atoms with Crippen molar-refractivity contribution in [1.82, 2.24) is 14.4 Å². The second-order valence-electron chi connectivity index (χ2n) is 10.7. The van der Waals surface area contributed by atoms with Crippen LogP contribution in [0.15, 0.2) is 97.2 Å². The van der Waals surface area contributed by atoms with E-state index < -0.39 is 41.8 Å². The molecule has 0 aliphatic heterocycles. The van der Waals surface area contributed by atoms with Crippen LogP contribution in [0.3, 0.4) is 0 Å². The van der Waals surface area contributed by atoms with Gasteiger partial charge in [-0.3, -0.25) is 9.59 Å². The Hall–Kier alpha value is -4.58. The first-order valence-corrected chi connectivity index (χ1v) is 14.4. The minimum absolute atomic E-state index is 0.0283. The summed E-state index contributed by atoms with van der Waals surface area (Å²) >= 11 is 0. The van der Waals surface area contributed by atoms with Gasteiger partial charge in [0.25, 0.3) is 5.91 Å². The maximum atomic E-state index is 13.8. The molecule has 46 heavy (non-hydrogen) atoms. The molecule has 0 unspecified atom stereocenters. The number of hydrogen-bond acceptors (Lipinski definition) is 3. The Morgan fingerprint density at radius 1 is 0.739 bits per heavy atom. The van der Waals surface area contributed by atoms with E-state index in [4.69, 9.17) is 4.74 Å². The zero-order valence-corrected chi connectivity index (χ0v) is 25.0. The van der Waals surface area contributed by atoms with Crippen molar-refractivity contribution in [1.29, 1.82) is 0 Å². The van der Waals surface area contributed by atoms with Crippen LogP contribution in [0.25, 0.3) is 0 Å². The number of alkyl halides is 6. The molecule has 0 aliphatic carbocycles. The highest BCUT2D eigenvalue weighted by atomic mass is 19.4. The third-order valence-corrected chi connectivity index (χ3v) is 7.28. The Balaban J connectivity index is 1.58. The van der Waals surface area contributed by atoms with E-state index in [9.17, 15) is 35.9 Å². The number of rotatable bonds is 13. The molecule has 0 saturated heterocycles. The highest BCUT2D eigenvalue weighted by Gasteiger charge is 2.32. The second-order valence-corrected chi connectivity index (χ2v) is 10.7. The van der Waals surface area contributed by atoms with Crippen molar-refractivity contribution in [3.8, 4) is 0 Å². The van der Waals surface area contributed by atoms with Crippen molar-refractivity contribution in [2.24, 2.45) is 0 Å². The largest absolute Gasteiger partial charge is 0.416 e. The van der Waals surface area contributed by atoms with Crippen molar-refractivity contribution in [3.63, 3.8) is 0 Å². The van der Waals surface area contributed by atoms with Gasteiger partial charge in [-0.25, -0.2) is 0 Å². The topological polar surface area (TPSA) is 54.8 Å². The number of methoxy groups -OCH3 is 1. The molecule has 0 bridgehead atoms. The van der Waals surface area contributed by atoms with Crippen LogP contribution in [-0.2, 0) is 41.5 Å². The summed E-state index contributed by atoms with van der Waals surface area (Å²) in [5, 5.41) is 0. The SMILES string of the molecule is COCCCN(Cc1cccn1Cc1cccc(C(F)(F)F)c1)C(=O)CN(Cc1ccccc1)C(=O)c1cccc(C(F)(F)F)c1. The van der Waals surface area contributed by atoms with Crippen molar-refractivity contribution >= 4 is 11.8 Å². The van der Waals surface area contributed by atoms with Crippen LogP contribution in [-0.4, -0.2) is 53.0 Å². The molecule has 0 atom stereocenters. The highest BCUT2D eigenvalue weighted by Crippen LogP contribution is 2.31. The Labute approximate surface area is 262 Å². The van der Waals surface area contributed by atoms with Gasteiger partial charge in [-0.15, -0.1) is 0 Å². The van der Waals surface area contributed by atoms with Crippen LogP contribution in [0.5, 0.6) is 0 Å². The predicted octanol–water partition coefficient (Wildman–Crippen LogP) is 7.28. The lowest BCUT2D eigenvalue weighted by atomic mass is 10.1. The summed E-state index contributed by atoms with van der Waals surface area (Å²) in [6.45, 7) is 0.320. The minimum atomic E-state index is -4.66. The van der Waals surface area contributed by atoms with Gasteiger partial charge in [-0.05, 0) is 60.0 Å². The number of benzene rings is 3. The van der Waals surface area contributed by atoms with Crippen molar-refractivity contribution < 1.29 is 40.7 Å². The van der Waals surface area contributed by atoms with Gasteiger partial charge in [0.05, 0.1) is 17.7 Å². The lowest BCUT2D eigenvalue weighted by Crippen LogP contribution is -2.43. The molecule has 0 radical (unpaired) electrons. The second kappa shape index (κ2) is 15.1. The molecular weight excluding hydrogens is 612 g/mol. The molecular formula is C34H33F6N3O3. The normalized spacial score (nSPS) is 11.8. The van der Waals surface area contributed by atoms with E-state index in [0.717, 1.165) is 30.3 Å². The molecule has 0 fully saturated rings. The number of carbonyl (C=O) groups is 2. The summed E-state index contributed by atoms with van der Waals surface area (Å²) in [5.41, 5.74) is -0.214. The lowest BCUT2D eigenvalue weighted by Gasteiger charge is -2.28. The molecule has 244 valence electrons. The summed E-state index contributed by atoms with van der Waals surface area (Å²) < 4.78 is 87.0. The number of ether oxygens (including phenoxy) is 1. The number of halogens is 6. The summed E-state index contributed by atoms with van der Waals surface area (Å²) in [6, 6.07) is 21.3. The molecule has 4 aromatic rings. The fourth-order valence-corrected chi connectivity index (χ4v) is 4.95. The Kier molecular flexibility index (Phi) is 11.3. The number of amides is 2. The molecule has 1 heterocycles. The molecule has 12 heteroatoms. The number of nitrogens with zero attached hydrogens (tertiary/aromatic N) is 3. The molecule has 4 rings (SSSR count). The summed E-state index contributed by atoms with van der Waals surface area (Å²) in [6.07, 6.45) is -6.99. The van der Waals surface area contributed by atoms with E-state index in [1.807, 2.05) is 0 Å². The molecule has 6 nitrogen and oxygen atoms in total. The predicted molar refractivity (Wildman–Crippen MR) is 160 cm³/mol. The van der Waals surface area contributed by atoms with E-state index in [1.165, 1.54) is 29.0 Å². The minimum Gasteiger partial charge on any atom is -0.385 e. The summed E-state index contributed by atoms with van der Waals surface area (Å²) in [5.74, 6) is -1.20. The van der Waals surface area contributed by atoms with Gasteiger partial charge in [-0.1, -0.05) is 48.5 Å². The van der Waals surface area contributed by atoms with Gasteiger partial charge in [0.15, 0.2) is 0 Å². The number of aromatic nitrogens is 1. The molecule has 2 amide bonds. The maximum Gasteiger partial charge on any atom is 0.416 e. The first-order valence-electron chi connectivity index (χ1n) is 14.4. The van der Waals surface area contributed by atoms with Gasteiger partial charge in [0.2, 0.25) is 5.91 Å². The summed E-state index contributed by atoms with van der Waals surface area (Å²) in [7, 11) is 1.52. The van der Waals surface area contributed by atoms with E-state index in [0.29, 0.717) is 29.8 Å². The molecule has 3 aromatic carbocycles. The monoisotopic (exact) mass is 645 g/mol. The zero-order valence-electron chi connectivity index (χ0n) is 25.0. The van der Waals surface area contributed by atoms with Crippen LogP contribution in [0.2, 0.25) is 0 Å². The molecule has 0 saturated carbocycles. The van der Waals surface area contributed by atoms with Gasteiger partial charge >= 0.3 is 12.4 Å². The fraction of sp³-hybridized carbons (Fsp3) is 0.294. The van der Waals surface area contributed by atoms with Gasteiger partial charge in [-0.2, -0.15) is 26.3 Å². The quantitative estimate of drug-likeness (QED) is 0.114. The third kappa shape index (κ3) is 9.46. The van der Waals surface area contributed by atoms with E-state index >= 15 is 0 Å². The van der Waals surface area contributed by atoms with Gasteiger partial charge in [0, 0.05) is 50.8 Å². The smallest absolute Gasteiger partial charge is 0.385 e. The number of hydrogen-bond donors (Lipinski definition) is 0. The van der Waals surface area contributed by atoms with E-state index in [2.05, 4.69) is 0 Å². The average Bonchev–Trinajstić information content (AvgIpc) is 3.46. The van der Waals surface area contributed by atoms with Crippen molar-refractivity contribution in [2.45, 2.75) is 38.4 Å². The van der Waals surface area contributed by atoms with E-state index in [-0.39, 0.29) is 31.7 Å². The van der Waals surface area contributed by atoms with Crippen LogP contribution in [0.1, 0.15) is 44.7 Å². The molecule has 0 aliphatic rings. The number of carbonyl (C=O) groups excluding carboxylic acids is 2. The van der Waals surface area contributed by atoms with Crippen molar-refractivity contribution in [3.05, 3.63) is 131 Å². The van der Waals surface area contributed by atoms with Gasteiger partial charge in [0.1, 0.15) is 6.54 Å². The van der Waals surface area contributed by atoms with Crippen LogP contribution >= 0.6 is 0 Å². The fourth-order valence-electron chi connectivity index (χ4n) is 4.95. The van der Waals surface area contributed by atoms with Crippen molar-refractivity contribution in [2.75, 3.05) is 26.8 Å². The standard InChI is InChI=1S/C34H33F6N3O3/c1-46-18-8-17-42(23-30-15-7-16-41(30)22-26-11-5-13-28(19-26)33(35,36)37)31(44)24-43(21-25-9-3-2-4-10-25)32(45)27-12-6-14-29(20-27)34(38,39)40/h2-7,9-16,19-20H,8,17-18,21-24H2,1H3. The first kappa shape index (κ1) is 34.3. The molecule has 0 spiro atoms. The van der Waals surface area contributed by atoms with Crippen LogP contribution < -0.4 is 0 Å². The molecule has 0 N–H and O–H groups in total. The maximum absolute atomic E-state index is 13.8. The molecule has 1 aromatic heterocycles. The zero-order chi connectivity index (χ0) is 33.3. The average molecular weight is 646 g/mol. The first-order chi connectivity index (χ1) is 21.8. The Morgan fingerprint density at radius 2 is 1.39 bits per heavy atom. The Bertz CT molecular complexity index is 1600. The Morgan fingerprint density at radius 3 is 2.07 bits per heavy atom. The van der Waals surface area contributed by atoms with E-state index in [1.54, 1.807) is 59.3 Å². The van der Waals surface area contributed by atoms with Gasteiger partial charge < -0.3 is 19.1 Å². The summed E-state index contributed by atoms with van der Waals surface area (Å²) in [4.78, 5) is 30.1. The highest BCUT2D eigenvalue weighted by molar-refractivity contribution is 5.96. The third-order valence-electron chi connectivity index (χ3n) is 7.28.